The zero-order valence-corrected chi connectivity index (χ0v) is 19.7. The van der Waals surface area contributed by atoms with E-state index in [0.717, 1.165) is 27.2 Å². The predicted octanol–water partition coefficient (Wildman–Crippen LogP) is 4.77. The van der Waals surface area contributed by atoms with Crippen molar-refractivity contribution in [2.24, 2.45) is 11.1 Å². The molecule has 3 atom stereocenters. The van der Waals surface area contributed by atoms with Crippen molar-refractivity contribution in [3.8, 4) is 0 Å². The molecule has 1 fully saturated rings. The molecule has 168 valence electrons. The normalized spacial score (nSPS) is 23.3. The second-order valence-corrected chi connectivity index (χ2v) is 11.5. The van der Waals surface area contributed by atoms with Crippen molar-refractivity contribution in [1.29, 1.82) is 0 Å². The summed E-state index contributed by atoms with van der Waals surface area (Å²) >= 11 is 0. The SMILES string of the molecule is c1ccc([C@@H]2O[Si](c3ccccc3)(c3ccccc3)OC[C@H]3C2=NO[C@@H]3c2ccccc2)cc1. The summed E-state index contributed by atoms with van der Waals surface area (Å²) in [6.45, 7) is 0.470. The van der Waals surface area contributed by atoms with Crippen LogP contribution in [0.2, 0.25) is 0 Å². The molecule has 0 aromatic heterocycles. The first kappa shape index (κ1) is 21.0. The van der Waals surface area contributed by atoms with Crippen LogP contribution in [0.15, 0.2) is 126 Å². The maximum absolute atomic E-state index is 7.16. The third kappa shape index (κ3) is 3.68. The minimum absolute atomic E-state index is 0.0468. The molecule has 4 aromatic carbocycles. The second kappa shape index (κ2) is 9.03. The van der Waals surface area contributed by atoms with Crippen LogP contribution in [0.5, 0.6) is 0 Å². The average Bonchev–Trinajstić information content (AvgIpc) is 3.27. The molecule has 2 heterocycles. The Bertz CT molecular complexity index is 1230. The van der Waals surface area contributed by atoms with Gasteiger partial charge in [-0.1, -0.05) is 126 Å². The smallest absolute Gasteiger partial charge is 0.387 e. The fourth-order valence-electron chi connectivity index (χ4n) is 4.88. The Morgan fingerprint density at radius 1 is 0.618 bits per heavy atom. The molecule has 0 bridgehead atoms. The lowest BCUT2D eigenvalue weighted by molar-refractivity contribution is 0.0445. The van der Waals surface area contributed by atoms with Crippen LogP contribution >= 0.6 is 0 Å². The van der Waals surface area contributed by atoms with Crippen molar-refractivity contribution in [2.75, 3.05) is 6.61 Å². The molecule has 4 aromatic rings. The number of fused-ring (bicyclic) bond motifs is 1. The minimum Gasteiger partial charge on any atom is -0.387 e. The van der Waals surface area contributed by atoms with E-state index in [0.29, 0.717) is 6.61 Å². The van der Waals surface area contributed by atoms with E-state index in [9.17, 15) is 0 Å². The Labute approximate surface area is 200 Å². The van der Waals surface area contributed by atoms with Gasteiger partial charge >= 0.3 is 8.56 Å². The monoisotopic (exact) mass is 463 g/mol. The molecule has 34 heavy (non-hydrogen) atoms. The highest BCUT2D eigenvalue weighted by Crippen LogP contribution is 2.42. The Hall–Kier alpha value is -3.51. The van der Waals surface area contributed by atoms with E-state index in [1.54, 1.807) is 0 Å². The lowest BCUT2D eigenvalue weighted by Gasteiger charge is -2.32. The van der Waals surface area contributed by atoms with Crippen molar-refractivity contribution >= 4 is 24.6 Å². The lowest BCUT2D eigenvalue weighted by Crippen LogP contribution is -2.63. The highest BCUT2D eigenvalue weighted by atomic mass is 28.4. The molecular weight excluding hydrogens is 438 g/mol. The molecule has 0 saturated carbocycles. The highest BCUT2D eigenvalue weighted by Gasteiger charge is 2.53. The largest absolute Gasteiger partial charge is 0.407 e. The van der Waals surface area contributed by atoms with E-state index in [2.05, 4.69) is 78.0 Å². The molecule has 0 spiro atoms. The average molecular weight is 464 g/mol. The summed E-state index contributed by atoms with van der Waals surface area (Å²) in [5, 5.41) is 6.79. The second-order valence-electron chi connectivity index (χ2n) is 8.63. The quantitative estimate of drug-likeness (QED) is 0.409. The number of hydrogen-bond acceptors (Lipinski definition) is 4. The van der Waals surface area contributed by atoms with Gasteiger partial charge in [0.1, 0.15) is 6.10 Å². The molecule has 1 saturated heterocycles. The van der Waals surface area contributed by atoms with Crippen molar-refractivity contribution < 1.29 is 13.7 Å². The van der Waals surface area contributed by atoms with Crippen LogP contribution in [0.25, 0.3) is 0 Å². The van der Waals surface area contributed by atoms with Crippen LogP contribution in [0.3, 0.4) is 0 Å². The van der Waals surface area contributed by atoms with E-state index in [1.807, 2.05) is 48.5 Å². The van der Waals surface area contributed by atoms with Gasteiger partial charge in [-0.25, -0.2) is 0 Å². The van der Waals surface area contributed by atoms with Gasteiger partial charge in [-0.05, 0) is 21.5 Å². The Kier molecular flexibility index (Phi) is 5.59. The van der Waals surface area contributed by atoms with Crippen LogP contribution in [0.4, 0.5) is 0 Å². The van der Waals surface area contributed by atoms with Crippen molar-refractivity contribution in [1.82, 2.24) is 0 Å². The molecule has 0 amide bonds. The summed E-state index contributed by atoms with van der Waals surface area (Å²) in [5.41, 5.74) is 3.04. The van der Waals surface area contributed by atoms with Crippen LogP contribution in [0, 0.1) is 5.92 Å². The molecular formula is C29H25NO3Si. The number of benzene rings is 4. The van der Waals surface area contributed by atoms with Crippen molar-refractivity contribution in [3.05, 3.63) is 132 Å². The van der Waals surface area contributed by atoms with Crippen molar-refractivity contribution in [3.63, 3.8) is 0 Å². The third-order valence-corrected chi connectivity index (χ3v) is 9.90. The minimum atomic E-state index is -3.06. The summed E-state index contributed by atoms with van der Waals surface area (Å²) in [5.74, 6) is -0.0468. The van der Waals surface area contributed by atoms with Gasteiger partial charge in [-0.2, -0.15) is 0 Å². The number of hydrogen-bond donors (Lipinski definition) is 0. The Morgan fingerprint density at radius 2 is 1.12 bits per heavy atom. The molecule has 5 heteroatoms. The highest BCUT2D eigenvalue weighted by molar-refractivity contribution is 6.92. The number of nitrogens with zero attached hydrogens (tertiary/aromatic N) is 1. The van der Waals surface area contributed by atoms with Gasteiger partial charge < -0.3 is 13.7 Å². The first-order chi connectivity index (χ1) is 16.9. The summed E-state index contributed by atoms with van der Waals surface area (Å²) in [7, 11) is -3.06. The Balaban J connectivity index is 1.51. The van der Waals surface area contributed by atoms with Gasteiger partial charge in [0.05, 0.1) is 11.6 Å². The summed E-state index contributed by atoms with van der Waals surface area (Å²) < 4.78 is 14.1. The molecule has 4 nitrogen and oxygen atoms in total. The molecule has 6 rings (SSSR count). The molecule has 2 aliphatic heterocycles. The Morgan fingerprint density at radius 3 is 1.68 bits per heavy atom. The van der Waals surface area contributed by atoms with E-state index in [1.165, 1.54) is 0 Å². The maximum atomic E-state index is 7.16. The van der Waals surface area contributed by atoms with Gasteiger partial charge in [0.2, 0.25) is 0 Å². The van der Waals surface area contributed by atoms with Gasteiger partial charge in [0, 0.05) is 6.61 Å². The van der Waals surface area contributed by atoms with Crippen LogP contribution in [-0.4, -0.2) is 20.9 Å². The molecule has 0 radical (unpaired) electrons. The molecule has 0 unspecified atom stereocenters. The summed E-state index contributed by atoms with van der Waals surface area (Å²) in [6, 6.07) is 41.3. The van der Waals surface area contributed by atoms with Crippen LogP contribution < -0.4 is 10.4 Å². The van der Waals surface area contributed by atoms with E-state index in [4.69, 9.17) is 13.7 Å². The maximum Gasteiger partial charge on any atom is 0.407 e. The third-order valence-electron chi connectivity index (χ3n) is 6.57. The zero-order chi connectivity index (χ0) is 22.8. The summed E-state index contributed by atoms with van der Waals surface area (Å²) in [4.78, 5) is 6.02. The van der Waals surface area contributed by atoms with Gasteiger partial charge in [0.15, 0.2) is 6.10 Å². The van der Waals surface area contributed by atoms with Crippen LogP contribution in [0.1, 0.15) is 23.3 Å². The lowest BCUT2D eigenvalue weighted by atomic mass is 9.88. The number of oxime groups is 1. The zero-order valence-electron chi connectivity index (χ0n) is 18.7. The first-order valence-electron chi connectivity index (χ1n) is 11.6. The fraction of sp³-hybridized carbons (Fsp3) is 0.138. The predicted molar refractivity (Wildman–Crippen MR) is 135 cm³/mol. The standard InChI is InChI=1S/C29H25NO3Si/c1-5-13-22(14-6-1)28-26-21-31-34(24-17-9-3-10-18-24,25-19-11-4-12-20-25)33-29(27(26)30-32-28)23-15-7-2-8-16-23/h1-20,26,28-29H,21H2/t26-,28+,29-/m0/s1. The molecule has 0 aliphatic carbocycles. The van der Waals surface area contributed by atoms with Crippen LogP contribution in [-0.2, 0) is 13.7 Å². The van der Waals surface area contributed by atoms with Gasteiger partial charge in [-0.15, -0.1) is 0 Å². The first-order valence-corrected chi connectivity index (χ1v) is 13.4. The number of rotatable bonds is 4. The molecule has 2 aliphatic rings. The molecule has 0 N–H and O–H groups in total. The van der Waals surface area contributed by atoms with E-state index in [-0.39, 0.29) is 18.1 Å². The van der Waals surface area contributed by atoms with Gasteiger partial charge in [0.25, 0.3) is 0 Å². The summed E-state index contributed by atoms with van der Waals surface area (Å²) in [6.07, 6.45) is -0.572. The topological polar surface area (TPSA) is 40.0 Å². The van der Waals surface area contributed by atoms with Gasteiger partial charge in [-0.3, -0.25) is 0 Å². The van der Waals surface area contributed by atoms with Crippen molar-refractivity contribution in [2.45, 2.75) is 12.2 Å². The van der Waals surface area contributed by atoms with E-state index < -0.39 is 8.56 Å². The fourth-order valence-corrected chi connectivity index (χ4v) is 8.16. The van der Waals surface area contributed by atoms with E-state index >= 15 is 0 Å².